The molecule has 0 saturated carbocycles. The normalized spacial score (nSPS) is 10.4. The van der Waals surface area contributed by atoms with E-state index in [9.17, 15) is 0 Å². The standard InChI is InChI=1S/C14H19Cl2NO/c1-2-3-4-5-6-7-18-14-11(10-17)8-12(15)9-13(14)16/h2,8-9H,1,3-7,10,17H2. The third-order valence-corrected chi connectivity index (χ3v) is 3.10. The average molecular weight is 288 g/mol. The van der Waals surface area contributed by atoms with E-state index in [2.05, 4.69) is 6.58 Å². The van der Waals surface area contributed by atoms with Crippen molar-refractivity contribution in [2.45, 2.75) is 32.2 Å². The van der Waals surface area contributed by atoms with Gasteiger partial charge in [-0.2, -0.15) is 0 Å². The quantitative estimate of drug-likeness (QED) is 0.561. The summed E-state index contributed by atoms with van der Waals surface area (Å²) in [5.41, 5.74) is 6.50. The molecular formula is C14H19Cl2NO. The summed E-state index contributed by atoms with van der Waals surface area (Å²) < 4.78 is 5.70. The summed E-state index contributed by atoms with van der Waals surface area (Å²) >= 11 is 12.0. The maximum absolute atomic E-state index is 6.10. The van der Waals surface area contributed by atoms with Gasteiger partial charge in [-0.25, -0.2) is 0 Å². The van der Waals surface area contributed by atoms with Gasteiger partial charge >= 0.3 is 0 Å². The number of hydrogen-bond acceptors (Lipinski definition) is 2. The number of ether oxygens (including phenoxy) is 1. The molecule has 1 aromatic rings. The van der Waals surface area contributed by atoms with Crippen LogP contribution in [0.15, 0.2) is 24.8 Å². The lowest BCUT2D eigenvalue weighted by Crippen LogP contribution is -2.04. The van der Waals surface area contributed by atoms with E-state index >= 15 is 0 Å². The van der Waals surface area contributed by atoms with Crippen molar-refractivity contribution in [3.05, 3.63) is 40.4 Å². The van der Waals surface area contributed by atoms with E-state index in [1.165, 1.54) is 0 Å². The van der Waals surface area contributed by atoms with Gasteiger partial charge in [0.25, 0.3) is 0 Å². The predicted molar refractivity (Wildman–Crippen MR) is 78.5 cm³/mol. The van der Waals surface area contributed by atoms with Crippen molar-refractivity contribution < 1.29 is 4.74 Å². The number of unbranched alkanes of at least 4 members (excludes halogenated alkanes) is 3. The fourth-order valence-corrected chi connectivity index (χ4v) is 2.26. The van der Waals surface area contributed by atoms with Gasteiger partial charge in [0.15, 0.2) is 0 Å². The van der Waals surface area contributed by atoms with Crippen LogP contribution >= 0.6 is 23.2 Å². The van der Waals surface area contributed by atoms with Crippen LogP contribution in [0.1, 0.15) is 31.2 Å². The van der Waals surface area contributed by atoms with Crippen LogP contribution in [-0.4, -0.2) is 6.61 Å². The minimum absolute atomic E-state index is 0.367. The van der Waals surface area contributed by atoms with E-state index in [-0.39, 0.29) is 0 Å². The summed E-state index contributed by atoms with van der Waals surface area (Å²) in [4.78, 5) is 0. The van der Waals surface area contributed by atoms with Gasteiger partial charge in [0.2, 0.25) is 0 Å². The van der Waals surface area contributed by atoms with Gasteiger partial charge in [-0.15, -0.1) is 6.58 Å². The topological polar surface area (TPSA) is 35.2 Å². The zero-order chi connectivity index (χ0) is 13.4. The van der Waals surface area contributed by atoms with Crippen molar-refractivity contribution in [3.63, 3.8) is 0 Å². The third-order valence-electron chi connectivity index (χ3n) is 2.60. The average Bonchev–Trinajstić information content (AvgIpc) is 2.35. The van der Waals surface area contributed by atoms with Crippen LogP contribution < -0.4 is 10.5 Å². The number of rotatable bonds is 8. The Morgan fingerprint density at radius 3 is 2.67 bits per heavy atom. The largest absolute Gasteiger partial charge is 0.492 e. The molecule has 2 N–H and O–H groups in total. The second-order valence-corrected chi connectivity index (χ2v) is 4.91. The van der Waals surface area contributed by atoms with Crippen LogP contribution in [-0.2, 0) is 6.54 Å². The maximum atomic E-state index is 6.10. The Labute approximate surface area is 119 Å². The monoisotopic (exact) mass is 287 g/mol. The Hall–Kier alpha value is -0.700. The van der Waals surface area contributed by atoms with Crippen LogP contribution in [0.25, 0.3) is 0 Å². The molecule has 2 nitrogen and oxygen atoms in total. The van der Waals surface area contributed by atoms with E-state index in [0.717, 1.165) is 31.2 Å². The summed E-state index contributed by atoms with van der Waals surface area (Å²) in [6.07, 6.45) is 6.25. The molecular weight excluding hydrogens is 269 g/mol. The summed E-state index contributed by atoms with van der Waals surface area (Å²) in [7, 11) is 0. The number of halogens is 2. The zero-order valence-corrected chi connectivity index (χ0v) is 11.9. The smallest absolute Gasteiger partial charge is 0.142 e. The van der Waals surface area contributed by atoms with Gasteiger partial charge < -0.3 is 10.5 Å². The van der Waals surface area contributed by atoms with Crippen LogP contribution in [0.4, 0.5) is 0 Å². The molecule has 1 rings (SSSR count). The van der Waals surface area contributed by atoms with Crippen LogP contribution in [0.3, 0.4) is 0 Å². The molecule has 0 heterocycles. The highest BCUT2D eigenvalue weighted by molar-refractivity contribution is 6.35. The Balaban J connectivity index is 2.48. The predicted octanol–water partition coefficient (Wildman–Crippen LogP) is 4.58. The molecule has 0 aliphatic heterocycles. The Kier molecular flexibility index (Phi) is 7.18. The lowest BCUT2D eigenvalue weighted by Gasteiger charge is -2.12. The highest BCUT2D eigenvalue weighted by Crippen LogP contribution is 2.32. The Morgan fingerprint density at radius 2 is 2.00 bits per heavy atom. The number of nitrogens with two attached hydrogens (primary N) is 1. The first kappa shape index (κ1) is 15.4. The van der Waals surface area contributed by atoms with Crippen molar-refractivity contribution in [2.24, 2.45) is 5.73 Å². The van der Waals surface area contributed by atoms with E-state index < -0.39 is 0 Å². The molecule has 1 aromatic carbocycles. The first-order valence-corrected chi connectivity index (χ1v) is 6.86. The molecule has 0 saturated heterocycles. The fraction of sp³-hybridized carbons (Fsp3) is 0.429. The van der Waals surface area contributed by atoms with Crippen LogP contribution in [0, 0.1) is 0 Å². The fourth-order valence-electron chi connectivity index (χ4n) is 1.67. The molecule has 0 radical (unpaired) electrons. The number of benzene rings is 1. The summed E-state index contributed by atoms with van der Waals surface area (Å²) in [6.45, 7) is 4.70. The summed E-state index contributed by atoms with van der Waals surface area (Å²) in [5, 5.41) is 1.10. The molecule has 0 amide bonds. The summed E-state index contributed by atoms with van der Waals surface area (Å²) in [6, 6.07) is 3.47. The summed E-state index contributed by atoms with van der Waals surface area (Å²) in [5.74, 6) is 0.660. The van der Waals surface area contributed by atoms with E-state index in [0.29, 0.717) is 28.9 Å². The molecule has 0 aliphatic carbocycles. The molecule has 0 aliphatic rings. The second-order valence-electron chi connectivity index (χ2n) is 4.07. The second kappa shape index (κ2) is 8.41. The van der Waals surface area contributed by atoms with Crippen molar-refractivity contribution in [2.75, 3.05) is 6.61 Å². The van der Waals surface area contributed by atoms with Crippen molar-refractivity contribution in [1.29, 1.82) is 0 Å². The molecule has 0 fully saturated rings. The Bertz CT molecular complexity index is 394. The zero-order valence-electron chi connectivity index (χ0n) is 10.4. The molecule has 0 bridgehead atoms. The van der Waals surface area contributed by atoms with Gasteiger partial charge in [-0.3, -0.25) is 0 Å². The van der Waals surface area contributed by atoms with Crippen LogP contribution in [0.5, 0.6) is 5.75 Å². The number of allylic oxidation sites excluding steroid dienone is 1. The first-order chi connectivity index (χ1) is 8.69. The molecule has 18 heavy (non-hydrogen) atoms. The van der Waals surface area contributed by atoms with Crippen LogP contribution in [0.2, 0.25) is 10.0 Å². The van der Waals surface area contributed by atoms with Crippen molar-refractivity contribution in [1.82, 2.24) is 0 Å². The van der Waals surface area contributed by atoms with E-state index in [1.807, 2.05) is 6.08 Å². The third kappa shape index (κ3) is 4.89. The molecule has 0 spiro atoms. The van der Waals surface area contributed by atoms with Gasteiger partial charge in [-0.1, -0.05) is 29.3 Å². The van der Waals surface area contributed by atoms with Gasteiger partial charge in [0.05, 0.1) is 11.6 Å². The van der Waals surface area contributed by atoms with Gasteiger partial charge in [0, 0.05) is 17.1 Å². The minimum atomic E-state index is 0.367. The maximum Gasteiger partial charge on any atom is 0.142 e. The molecule has 0 unspecified atom stereocenters. The van der Waals surface area contributed by atoms with Crippen molar-refractivity contribution >= 4 is 23.2 Å². The SMILES string of the molecule is C=CCCCCCOc1c(Cl)cc(Cl)cc1CN. The van der Waals surface area contributed by atoms with E-state index in [4.69, 9.17) is 33.7 Å². The highest BCUT2D eigenvalue weighted by atomic mass is 35.5. The molecule has 100 valence electrons. The lowest BCUT2D eigenvalue weighted by atomic mass is 10.2. The highest BCUT2D eigenvalue weighted by Gasteiger charge is 2.09. The Morgan fingerprint density at radius 1 is 1.22 bits per heavy atom. The van der Waals surface area contributed by atoms with Crippen molar-refractivity contribution in [3.8, 4) is 5.75 Å². The first-order valence-electron chi connectivity index (χ1n) is 6.10. The lowest BCUT2D eigenvalue weighted by molar-refractivity contribution is 0.303. The van der Waals surface area contributed by atoms with E-state index in [1.54, 1.807) is 12.1 Å². The van der Waals surface area contributed by atoms with Gasteiger partial charge in [-0.05, 0) is 37.8 Å². The molecule has 0 atom stereocenters. The number of hydrogen-bond donors (Lipinski definition) is 1. The molecule has 0 aromatic heterocycles. The van der Waals surface area contributed by atoms with Gasteiger partial charge in [0.1, 0.15) is 5.75 Å². The minimum Gasteiger partial charge on any atom is -0.492 e. The molecule has 4 heteroatoms.